The molecule has 0 aromatic heterocycles. The first kappa shape index (κ1) is 21.9. The highest BCUT2D eigenvalue weighted by Gasteiger charge is 2.43. The quantitative estimate of drug-likeness (QED) is 0.613. The number of esters is 1. The normalized spacial score (nSPS) is 20.0. The van der Waals surface area contributed by atoms with Crippen LogP contribution in [0.3, 0.4) is 0 Å². The van der Waals surface area contributed by atoms with Crippen molar-refractivity contribution in [1.82, 2.24) is 0 Å². The van der Waals surface area contributed by atoms with E-state index in [1.54, 1.807) is 19.2 Å². The average Bonchev–Trinajstić information content (AvgIpc) is 3.43. The average molecular weight is 446 g/mol. The number of benzene rings is 2. The van der Waals surface area contributed by atoms with Crippen molar-refractivity contribution in [2.24, 2.45) is 11.8 Å². The third-order valence-electron chi connectivity index (χ3n) is 5.80. The highest BCUT2D eigenvalue weighted by atomic mass is 16.7. The summed E-state index contributed by atoms with van der Waals surface area (Å²) in [5, 5.41) is 11.2. The SMILES string of the molecule is COc1cc([C@@H](O)[C@H]2C(=O)OC[C@@H]2Cc2cc(OC)c3c(c2)OCO3)cc(OC)c1OC. The van der Waals surface area contributed by atoms with E-state index in [0.29, 0.717) is 46.5 Å². The summed E-state index contributed by atoms with van der Waals surface area (Å²) >= 11 is 0. The Labute approximate surface area is 185 Å². The molecular weight excluding hydrogens is 420 g/mol. The number of carbonyl (C=O) groups is 1. The minimum absolute atomic E-state index is 0.128. The van der Waals surface area contributed by atoms with E-state index in [-0.39, 0.29) is 19.3 Å². The van der Waals surface area contributed by atoms with Crippen molar-refractivity contribution in [3.8, 4) is 34.5 Å². The molecule has 4 rings (SSSR count). The third-order valence-corrected chi connectivity index (χ3v) is 5.80. The van der Waals surface area contributed by atoms with Crippen LogP contribution in [0.25, 0.3) is 0 Å². The number of carbonyl (C=O) groups excluding carboxylic acids is 1. The lowest BCUT2D eigenvalue weighted by Crippen LogP contribution is -2.25. The summed E-state index contributed by atoms with van der Waals surface area (Å²) in [5.74, 6) is 1.41. The van der Waals surface area contributed by atoms with Crippen molar-refractivity contribution in [2.45, 2.75) is 12.5 Å². The van der Waals surface area contributed by atoms with Crippen LogP contribution in [0.2, 0.25) is 0 Å². The zero-order valence-corrected chi connectivity index (χ0v) is 18.4. The van der Waals surface area contributed by atoms with Crippen molar-refractivity contribution < 1.29 is 43.1 Å². The molecule has 9 nitrogen and oxygen atoms in total. The highest BCUT2D eigenvalue weighted by Crippen LogP contribution is 2.45. The van der Waals surface area contributed by atoms with Gasteiger partial charge in [-0.05, 0) is 41.8 Å². The summed E-state index contributed by atoms with van der Waals surface area (Å²) in [5.41, 5.74) is 1.35. The molecular formula is C23H26O9. The molecule has 3 atom stereocenters. The van der Waals surface area contributed by atoms with E-state index >= 15 is 0 Å². The maximum atomic E-state index is 12.6. The fourth-order valence-corrected chi connectivity index (χ4v) is 4.24. The van der Waals surface area contributed by atoms with Crippen LogP contribution in [0.4, 0.5) is 0 Å². The van der Waals surface area contributed by atoms with Gasteiger partial charge in [-0.1, -0.05) is 0 Å². The molecule has 0 amide bonds. The number of ether oxygens (including phenoxy) is 7. The van der Waals surface area contributed by atoms with Crippen LogP contribution in [0.1, 0.15) is 17.2 Å². The van der Waals surface area contributed by atoms with Gasteiger partial charge in [0.25, 0.3) is 0 Å². The number of rotatable bonds is 8. The van der Waals surface area contributed by atoms with Gasteiger partial charge in [0.1, 0.15) is 0 Å². The largest absolute Gasteiger partial charge is 0.493 e. The smallest absolute Gasteiger partial charge is 0.312 e. The summed E-state index contributed by atoms with van der Waals surface area (Å²) in [6.07, 6.45) is -0.648. The molecule has 172 valence electrons. The van der Waals surface area contributed by atoms with Gasteiger partial charge in [0.05, 0.1) is 47.1 Å². The van der Waals surface area contributed by atoms with Crippen molar-refractivity contribution in [3.63, 3.8) is 0 Å². The summed E-state index contributed by atoms with van der Waals surface area (Å²) in [6.45, 7) is 0.324. The first-order valence-electron chi connectivity index (χ1n) is 10.1. The summed E-state index contributed by atoms with van der Waals surface area (Å²) in [4.78, 5) is 12.6. The molecule has 1 saturated heterocycles. The van der Waals surface area contributed by atoms with Gasteiger partial charge in [0.2, 0.25) is 18.3 Å². The maximum absolute atomic E-state index is 12.6. The van der Waals surface area contributed by atoms with E-state index in [4.69, 9.17) is 33.2 Å². The zero-order chi connectivity index (χ0) is 22.8. The first-order chi connectivity index (χ1) is 15.5. The predicted molar refractivity (Wildman–Crippen MR) is 112 cm³/mol. The molecule has 1 N–H and O–H groups in total. The van der Waals surface area contributed by atoms with E-state index in [1.165, 1.54) is 21.3 Å². The molecule has 0 aliphatic carbocycles. The van der Waals surface area contributed by atoms with Gasteiger partial charge in [-0.15, -0.1) is 0 Å². The lowest BCUT2D eigenvalue weighted by molar-refractivity contribution is -0.144. The summed E-state index contributed by atoms with van der Waals surface area (Å²) in [6, 6.07) is 6.98. The van der Waals surface area contributed by atoms with Crippen LogP contribution in [0.15, 0.2) is 24.3 Å². The number of aliphatic hydroxyl groups excluding tert-OH is 1. The van der Waals surface area contributed by atoms with E-state index in [1.807, 2.05) is 12.1 Å². The van der Waals surface area contributed by atoms with Crippen molar-refractivity contribution in [2.75, 3.05) is 41.8 Å². The number of hydrogen-bond donors (Lipinski definition) is 1. The molecule has 1 fully saturated rings. The lowest BCUT2D eigenvalue weighted by atomic mass is 9.82. The van der Waals surface area contributed by atoms with Crippen molar-refractivity contribution in [1.29, 1.82) is 0 Å². The Hall–Kier alpha value is -3.33. The van der Waals surface area contributed by atoms with Crippen molar-refractivity contribution >= 4 is 5.97 Å². The third kappa shape index (κ3) is 3.84. The first-order valence-corrected chi connectivity index (χ1v) is 10.1. The Morgan fingerprint density at radius 1 is 0.938 bits per heavy atom. The van der Waals surface area contributed by atoms with Crippen LogP contribution in [0, 0.1) is 11.8 Å². The lowest BCUT2D eigenvalue weighted by Gasteiger charge is -2.23. The second-order valence-corrected chi connectivity index (χ2v) is 7.56. The van der Waals surface area contributed by atoms with E-state index < -0.39 is 18.0 Å². The molecule has 2 aromatic rings. The number of methoxy groups -OCH3 is 4. The molecule has 0 radical (unpaired) electrons. The second kappa shape index (κ2) is 9.04. The van der Waals surface area contributed by atoms with Crippen LogP contribution < -0.4 is 28.4 Å². The molecule has 2 aliphatic heterocycles. The Bertz CT molecular complexity index is 978. The molecule has 2 aliphatic rings. The molecule has 2 aromatic carbocycles. The number of cyclic esters (lactones) is 1. The molecule has 32 heavy (non-hydrogen) atoms. The highest BCUT2D eigenvalue weighted by molar-refractivity contribution is 5.76. The Kier molecular flexibility index (Phi) is 6.18. The van der Waals surface area contributed by atoms with Crippen LogP contribution in [-0.4, -0.2) is 52.9 Å². The topological polar surface area (TPSA) is 102 Å². The summed E-state index contributed by atoms with van der Waals surface area (Å²) < 4.78 is 37.8. The molecule has 0 spiro atoms. The molecule has 0 bridgehead atoms. The monoisotopic (exact) mass is 446 g/mol. The van der Waals surface area contributed by atoms with Gasteiger partial charge in [0.15, 0.2) is 23.0 Å². The number of hydrogen-bond acceptors (Lipinski definition) is 9. The second-order valence-electron chi connectivity index (χ2n) is 7.56. The van der Waals surface area contributed by atoms with Gasteiger partial charge in [-0.3, -0.25) is 4.79 Å². The summed E-state index contributed by atoms with van der Waals surface area (Å²) in [7, 11) is 6.04. The van der Waals surface area contributed by atoms with Crippen molar-refractivity contribution in [3.05, 3.63) is 35.4 Å². The molecule has 0 unspecified atom stereocenters. The van der Waals surface area contributed by atoms with E-state index in [9.17, 15) is 9.90 Å². The molecule has 9 heteroatoms. The zero-order valence-electron chi connectivity index (χ0n) is 18.4. The number of aliphatic hydroxyl groups is 1. The maximum Gasteiger partial charge on any atom is 0.312 e. The minimum atomic E-state index is -1.13. The van der Waals surface area contributed by atoms with Gasteiger partial charge < -0.3 is 38.3 Å². The Morgan fingerprint density at radius 3 is 2.25 bits per heavy atom. The molecule has 0 saturated carbocycles. The number of fused-ring (bicyclic) bond motifs is 1. The van der Waals surface area contributed by atoms with E-state index in [2.05, 4.69) is 0 Å². The van der Waals surface area contributed by atoms with Crippen LogP contribution in [0.5, 0.6) is 34.5 Å². The minimum Gasteiger partial charge on any atom is -0.493 e. The van der Waals surface area contributed by atoms with Gasteiger partial charge in [0, 0.05) is 5.92 Å². The van der Waals surface area contributed by atoms with E-state index in [0.717, 1.165) is 5.56 Å². The van der Waals surface area contributed by atoms with Gasteiger partial charge in [-0.2, -0.15) is 0 Å². The van der Waals surface area contributed by atoms with Crippen LogP contribution in [-0.2, 0) is 16.0 Å². The fraction of sp³-hybridized carbons (Fsp3) is 0.435. The van der Waals surface area contributed by atoms with Crippen LogP contribution >= 0.6 is 0 Å². The molecule has 2 heterocycles. The fourth-order valence-electron chi connectivity index (χ4n) is 4.24. The Morgan fingerprint density at radius 2 is 1.62 bits per heavy atom. The predicted octanol–water partition coefficient (Wildman–Crippen LogP) is 2.52. The standard InChI is InChI=1S/C23H26O9/c1-26-15-6-12(7-18-22(15)32-11-31-18)5-14-10-30-23(25)19(14)20(24)13-8-16(27-2)21(29-4)17(9-13)28-3/h6-9,14,19-20,24H,5,10-11H2,1-4H3/t14-,19-,20+/m0/s1. The van der Waals surface area contributed by atoms with Gasteiger partial charge >= 0.3 is 5.97 Å². The van der Waals surface area contributed by atoms with Gasteiger partial charge in [-0.25, -0.2) is 0 Å². The Balaban J connectivity index is 1.62.